The topological polar surface area (TPSA) is 189 Å². The van der Waals surface area contributed by atoms with Crippen molar-refractivity contribution < 1.29 is 4.57 Å². The molecule has 0 bridgehead atoms. The number of rotatable bonds is 1. The summed E-state index contributed by atoms with van der Waals surface area (Å²) >= 11 is 16.4. The Kier molecular flexibility index (Phi) is 20.6. The fraction of sp³-hybridized carbons (Fsp3) is 0.579. The number of aromatic nitrogens is 8. The van der Waals surface area contributed by atoms with Crippen molar-refractivity contribution in [3.05, 3.63) is 102 Å². The van der Waals surface area contributed by atoms with E-state index in [9.17, 15) is 14.2 Å². The third kappa shape index (κ3) is 21.3. The molecule has 0 atom stereocenters. The van der Waals surface area contributed by atoms with E-state index in [2.05, 4.69) is 150 Å². The third-order valence-corrected chi connectivity index (χ3v) is 8.75. The molecule has 18 heteroatoms. The standard InChI is InChI=1S/C14H23N3.C8H11BrN2.C8H12N2OS.C8H12N2O.Br3OP/c1-13(2,3)11-9-12(17-10-16-11)14(15)7-5-4-6-8-14;1-8(2,3)6-4-7(9)11-5-10-6;1-8(2,3)5-4-6(11)10-7(12)9-5;1-8(2,3)6-4-7(11)10-5-9-6;1-5(2,3)4/h9-10H,4-8,15H2,1-3H3;4-5H,1-3H3;4H,1-3H3,(H2,9,10,11,12);4-5H,1-3H3,(H,9,10,11);. The van der Waals surface area contributed by atoms with Gasteiger partial charge in [0.15, 0.2) is 4.77 Å². The number of H-pyrrole nitrogens is 3. The summed E-state index contributed by atoms with van der Waals surface area (Å²) in [6, 6.07) is 7.11. The molecule has 5 rings (SSSR count). The summed E-state index contributed by atoms with van der Waals surface area (Å²) in [7, 11) is 0. The van der Waals surface area contributed by atoms with Crippen molar-refractivity contribution in [2.45, 2.75) is 142 Å². The zero-order valence-electron chi connectivity index (χ0n) is 34.5. The van der Waals surface area contributed by atoms with Crippen molar-refractivity contribution in [2.75, 3.05) is 0 Å². The Morgan fingerprint density at radius 1 is 0.661 bits per heavy atom. The van der Waals surface area contributed by atoms with E-state index in [-0.39, 0.29) is 38.3 Å². The molecule has 0 spiro atoms. The quantitative estimate of drug-likeness (QED) is 0.0811. The Labute approximate surface area is 369 Å². The lowest BCUT2D eigenvalue weighted by atomic mass is 9.79. The highest BCUT2D eigenvalue weighted by Gasteiger charge is 2.32. The Balaban J connectivity index is 0.000000364. The Hall–Kier alpha value is -1.75. The molecule has 312 valence electrons. The van der Waals surface area contributed by atoms with Crippen LogP contribution in [-0.2, 0) is 31.8 Å². The maximum atomic E-state index is 11.0. The van der Waals surface area contributed by atoms with Crippen LogP contribution in [-0.4, -0.2) is 39.9 Å². The molecule has 56 heavy (non-hydrogen) atoms. The zero-order valence-corrected chi connectivity index (χ0v) is 42.5. The van der Waals surface area contributed by atoms with Crippen molar-refractivity contribution >= 4 is 77.9 Å². The van der Waals surface area contributed by atoms with Gasteiger partial charge in [-0.2, -0.15) is 0 Å². The lowest BCUT2D eigenvalue weighted by Gasteiger charge is -2.33. The Morgan fingerprint density at radius 3 is 1.52 bits per heavy atom. The minimum absolute atomic E-state index is 0.0474. The molecule has 1 fully saturated rings. The number of nitrogens with zero attached hydrogens (tertiary/aromatic N) is 5. The van der Waals surface area contributed by atoms with Crippen LogP contribution in [0.3, 0.4) is 0 Å². The average molecular weight is 1070 g/mol. The van der Waals surface area contributed by atoms with E-state index in [1.54, 1.807) is 12.7 Å². The van der Waals surface area contributed by atoms with Crippen LogP contribution >= 0.6 is 77.9 Å². The summed E-state index contributed by atoms with van der Waals surface area (Å²) in [5, 5.41) is 0. The molecule has 5 N–H and O–H groups in total. The second kappa shape index (κ2) is 22.0. The monoisotopic (exact) mass is 1070 g/mol. The number of nitrogens with two attached hydrogens (primary N) is 1. The largest absolute Gasteiger partial charge is 0.335 e. The molecular weight excluding hydrogens is 1010 g/mol. The molecule has 1 saturated carbocycles. The molecule has 0 amide bonds. The summed E-state index contributed by atoms with van der Waals surface area (Å²) in [4.78, 5) is 50.7. The van der Waals surface area contributed by atoms with Crippen LogP contribution in [0.25, 0.3) is 0 Å². The number of hydrogen-bond donors (Lipinski definition) is 4. The molecule has 4 heterocycles. The van der Waals surface area contributed by atoms with Gasteiger partial charge in [-0.1, -0.05) is 102 Å². The fourth-order valence-corrected chi connectivity index (χ4v) is 5.39. The second-order valence-electron chi connectivity index (χ2n) is 17.4. The summed E-state index contributed by atoms with van der Waals surface area (Å²) in [5.74, 6) is 0. The first-order chi connectivity index (χ1) is 25.3. The van der Waals surface area contributed by atoms with Gasteiger partial charge in [0, 0.05) is 91.6 Å². The molecule has 1 aliphatic carbocycles. The van der Waals surface area contributed by atoms with Gasteiger partial charge in [-0.25, -0.2) is 24.9 Å². The predicted molar refractivity (Wildman–Crippen MR) is 247 cm³/mol. The minimum atomic E-state index is -2.20. The second-order valence-corrected chi connectivity index (χ2v) is 37.0. The Morgan fingerprint density at radius 2 is 1.12 bits per heavy atom. The summed E-state index contributed by atoms with van der Waals surface area (Å²) < 4.78 is 8.99. The van der Waals surface area contributed by atoms with E-state index in [0.717, 1.165) is 45.9 Å². The maximum Gasteiger partial charge on any atom is 0.268 e. The summed E-state index contributed by atoms with van der Waals surface area (Å²) in [5.41, 5.74) is 10.9. The van der Waals surface area contributed by atoms with Gasteiger partial charge in [-0.15, -0.1) is 0 Å². The molecule has 0 aliphatic heterocycles. The van der Waals surface area contributed by atoms with Gasteiger partial charge in [0.2, 0.25) is 0 Å². The van der Waals surface area contributed by atoms with Crippen LogP contribution < -0.4 is 16.9 Å². The summed E-state index contributed by atoms with van der Waals surface area (Å²) in [6.07, 6.45) is 10.5. The Bertz CT molecular complexity index is 2020. The van der Waals surface area contributed by atoms with Crippen LogP contribution in [0.1, 0.15) is 144 Å². The SMILES string of the molecule is CC(C)(C)c1cc(=O)[nH]c(=S)[nH]1.CC(C)(C)c1cc(=O)[nH]cn1.CC(C)(C)c1cc(Br)ncn1.CC(C)(C)c1cc(C2(N)CCCCC2)ncn1.O=P(Br)(Br)Br. The number of nitrogens with one attached hydrogen (secondary N) is 3. The first-order valence-electron chi connectivity index (χ1n) is 18.0. The van der Waals surface area contributed by atoms with Gasteiger partial charge in [0.1, 0.15) is 17.3 Å². The minimum Gasteiger partial charge on any atom is -0.335 e. The van der Waals surface area contributed by atoms with E-state index in [1.165, 1.54) is 37.7 Å². The molecule has 0 radical (unpaired) electrons. The molecular formula is C38H58Br4N9O3PS. The zero-order chi connectivity index (χ0) is 43.3. The predicted octanol–water partition coefficient (Wildman–Crippen LogP) is 11.5. The summed E-state index contributed by atoms with van der Waals surface area (Å²) in [6.45, 7) is 25.0. The van der Waals surface area contributed by atoms with Gasteiger partial charge in [-0.3, -0.25) is 19.1 Å². The first kappa shape index (κ1) is 52.3. The van der Waals surface area contributed by atoms with Gasteiger partial charge in [0.25, 0.3) is 14.4 Å². The number of halogens is 4. The molecule has 0 aromatic carbocycles. The molecule has 4 aromatic rings. The maximum absolute atomic E-state index is 11.0. The fourth-order valence-electron chi connectivity index (χ4n) is 4.87. The molecule has 4 aromatic heterocycles. The van der Waals surface area contributed by atoms with Crippen molar-refractivity contribution in [3.63, 3.8) is 0 Å². The van der Waals surface area contributed by atoms with Crippen LogP contribution in [0.2, 0.25) is 0 Å². The van der Waals surface area contributed by atoms with Crippen molar-refractivity contribution in [1.82, 2.24) is 39.9 Å². The van der Waals surface area contributed by atoms with Gasteiger partial charge < -0.3 is 15.7 Å². The van der Waals surface area contributed by atoms with Crippen LogP contribution in [0.15, 0.2) is 57.4 Å². The van der Waals surface area contributed by atoms with Gasteiger partial charge in [-0.05, 0) is 53.1 Å². The lowest BCUT2D eigenvalue weighted by Crippen LogP contribution is -2.39. The van der Waals surface area contributed by atoms with Crippen molar-refractivity contribution in [1.29, 1.82) is 0 Å². The normalized spacial score (nSPS) is 14.2. The van der Waals surface area contributed by atoms with Crippen LogP contribution in [0.4, 0.5) is 0 Å². The van der Waals surface area contributed by atoms with E-state index < -0.39 is 3.25 Å². The highest BCUT2D eigenvalue weighted by Crippen LogP contribution is 2.68. The third-order valence-electron chi connectivity index (χ3n) is 8.11. The van der Waals surface area contributed by atoms with E-state index in [1.807, 2.05) is 47.6 Å². The smallest absolute Gasteiger partial charge is 0.268 e. The highest BCUT2D eigenvalue weighted by molar-refractivity contribution is 9.94. The van der Waals surface area contributed by atoms with Crippen molar-refractivity contribution in [2.24, 2.45) is 5.73 Å². The number of aromatic amines is 3. The molecule has 1 aliphatic rings. The molecule has 0 saturated heterocycles. The number of hydrogen-bond acceptors (Lipinski definition) is 10. The van der Waals surface area contributed by atoms with E-state index in [4.69, 9.17) is 18.0 Å². The van der Waals surface area contributed by atoms with Gasteiger partial charge >= 0.3 is 0 Å². The molecule has 0 unspecified atom stereocenters. The highest BCUT2D eigenvalue weighted by atomic mass is 80.0. The van der Waals surface area contributed by atoms with Crippen LogP contribution in [0, 0.1) is 4.77 Å². The average Bonchev–Trinajstić information content (AvgIpc) is 3.03. The molecule has 12 nitrogen and oxygen atoms in total. The van der Waals surface area contributed by atoms with E-state index in [0.29, 0.717) is 4.77 Å². The van der Waals surface area contributed by atoms with Gasteiger partial charge in [0.05, 0.1) is 28.9 Å². The lowest BCUT2D eigenvalue weighted by molar-refractivity contribution is 0.294. The first-order valence-corrected chi connectivity index (χ1v) is 27.0. The van der Waals surface area contributed by atoms with E-state index >= 15 is 0 Å². The van der Waals surface area contributed by atoms with Crippen molar-refractivity contribution in [3.8, 4) is 0 Å². The van der Waals surface area contributed by atoms with Crippen LogP contribution in [0.5, 0.6) is 0 Å².